The number of rotatable bonds is 5. The Morgan fingerprint density at radius 1 is 1.12 bits per heavy atom. The van der Waals surface area contributed by atoms with Crippen LogP contribution in [0.2, 0.25) is 0 Å². The van der Waals surface area contributed by atoms with Crippen molar-refractivity contribution in [2.24, 2.45) is 0 Å². The summed E-state index contributed by atoms with van der Waals surface area (Å²) in [5.74, 6) is 0.656. The Labute approximate surface area is 104 Å². The summed E-state index contributed by atoms with van der Waals surface area (Å²) in [6, 6.07) is 11.4. The molecule has 1 aromatic rings. The van der Waals surface area contributed by atoms with Gasteiger partial charge < -0.3 is 10.4 Å². The van der Waals surface area contributed by atoms with E-state index in [9.17, 15) is 0 Å². The van der Waals surface area contributed by atoms with Gasteiger partial charge in [-0.05, 0) is 37.3 Å². The zero-order chi connectivity index (χ0) is 11.9. The lowest BCUT2D eigenvalue weighted by Gasteiger charge is -2.32. The third-order valence-electron chi connectivity index (χ3n) is 3.74. The summed E-state index contributed by atoms with van der Waals surface area (Å²) in [4.78, 5) is 0. The summed E-state index contributed by atoms with van der Waals surface area (Å²) in [6.45, 7) is 1.22. The van der Waals surface area contributed by atoms with E-state index < -0.39 is 0 Å². The van der Waals surface area contributed by atoms with Gasteiger partial charge in [-0.3, -0.25) is 0 Å². The molecule has 0 heterocycles. The molecule has 0 amide bonds. The van der Waals surface area contributed by atoms with Gasteiger partial charge in [0.15, 0.2) is 0 Å². The van der Waals surface area contributed by atoms with Gasteiger partial charge >= 0.3 is 0 Å². The Bertz CT molecular complexity index is 312. The summed E-state index contributed by atoms with van der Waals surface area (Å²) < 4.78 is 0. The lowest BCUT2D eigenvalue weighted by atomic mass is 9.80. The van der Waals surface area contributed by atoms with Crippen LogP contribution in [0.3, 0.4) is 0 Å². The fourth-order valence-electron chi connectivity index (χ4n) is 2.84. The van der Waals surface area contributed by atoms with Gasteiger partial charge in [0.2, 0.25) is 0 Å². The quantitative estimate of drug-likeness (QED) is 0.766. The molecular weight excluding hydrogens is 210 g/mol. The zero-order valence-electron chi connectivity index (χ0n) is 10.4. The Hall–Kier alpha value is -0.860. The van der Waals surface area contributed by atoms with E-state index in [1.54, 1.807) is 0 Å². The van der Waals surface area contributed by atoms with Gasteiger partial charge in [-0.2, -0.15) is 0 Å². The van der Waals surface area contributed by atoms with Crippen LogP contribution in [-0.4, -0.2) is 24.3 Å². The van der Waals surface area contributed by atoms with Crippen LogP contribution in [0.5, 0.6) is 0 Å². The lowest BCUT2D eigenvalue weighted by Crippen LogP contribution is -2.38. The minimum Gasteiger partial charge on any atom is -0.396 e. The molecule has 94 valence electrons. The Balaban J connectivity index is 1.97. The maximum atomic E-state index is 8.84. The van der Waals surface area contributed by atoms with E-state index >= 15 is 0 Å². The van der Waals surface area contributed by atoms with Gasteiger partial charge in [-0.25, -0.2) is 0 Å². The van der Waals surface area contributed by atoms with Crippen LogP contribution in [0, 0.1) is 0 Å². The first-order chi connectivity index (χ1) is 8.42. The maximum Gasteiger partial charge on any atom is 0.0443 e. The first-order valence-electron chi connectivity index (χ1n) is 6.81. The molecule has 2 N–H and O–H groups in total. The largest absolute Gasteiger partial charge is 0.396 e. The molecule has 0 aromatic heterocycles. The molecule has 1 saturated carbocycles. The number of hydrogen-bond acceptors (Lipinski definition) is 2. The Morgan fingerprint density at radius 2 is 1.88 bits per heavy atom. The number of hydrogen-bond donors (Lipinski definition) is 2. The smallest absolute Gasteiger partial charge is 0.0443 e. The second-order valence-electron chi connectivity index (χ2n) is 4.94. The van der Waals surface area contributed by atoms with E-state index in [1.807, 2.05) is 0 Å². The summed E-state index contributed by atoms with van der Waals surface area (Å²) in [7, 11) is 0. The Kier molecular flexibility index (Phi) is 5.02. The number of benzene rings is 1. The van der Waals surface area contributed by atoms with E-state index in [4.69, 9.17) is 5.11 Å². The third kappa shape index (κ3) is 3.55. The number of nitrogens with one attached hydrogen (secondary N) is 1. The maximum absolute atomic E-state index is 8.84. The molecule has 1 aromatic carbocycles. The first-order valence-corrected chi connectivity index (χ1v) is 6.81. The highest BCUT2D eigenvalue weighted by atomic mass is 16.3. The summed E-state index contributed by atoms with van der Waals surface area (Å²) in [5, 5.41) is 12.4. The molecule has 1 aliphatic rings. The molecule has 0 spiro atoms. The van der Waals surface area contributed by atoms with E-state index in [0.29, 0.717) is 12.0 Å². The summed E-state index contributed by atoms with van der Waals surface area (Å²) in [6.07, 6.45) is 6.10. The highest BCUT2D eigenvalue weighted by Gasteiger charge is 2.25. The highest BCUT2D eigenvalue weighted by Crippen LogP contribution is 2.32. The predicted molar refractivity (Wildman–Crippen MR) is 71.1 cm³/mol. The average Bonchev–Trinajstić information content (AvgIpc) is 2.41. The van der Waals surface area contributed by atoms with Gasteiger partial charge in [0.05, 0.1) is 0 Å². The van der Waals surface area contributed by atoms with Crippen molar-refractivity contribution in [1.29, 1.82) is 0 Å². The van der Waals surface area contributed by atoms with Gasteiger partial charge in [0.1, 0.15) is 0 Å². The van der Waals surface area contributed by atoms with Crippen molar-refractivity contribution < 1.29 is 5.11 Å². The second kappa shape index (κ2) is 6.77. The van der Waals surface area contributed by atoms with Crippen LogP contribution in [0.4, 0.5) is 0 Å². The molecule has 2 heteroatoms. The van der Waals surface area contributed by atoms with Crippen LogP contribution in [0.1, 0.15) is 43.6 Å². The number of aliphatic hydroxyl groups excluding tert-OH is 1. The molecular formula is C15H23NO. The van der Waals surface area contributed by atoms with Crippen molar-refractivity contribution >= 4 is 0 Å². The van der Waals surface area contributed by atoms with Crippen LogP contribution in [0.25, 0.3) is 0 Å². The monoisotopic (exact) mass is 233 g/mol. The van der Waals surface area contributed by atoms with Crippen molar-refractivity contribution in [3.05, 3.63) is 35.9 Å². The standard InChI is InChI=1S/C15H23NO/c17-12-6-11-16-15-10-5-4-9-14(15)13-7-2-1-3-8-13/h1-3,7-8,14-17H,4-6,9-12H2. The van der Waals surface area contributed by atoms with Crippen LogP contribution >= 0.6 is 0 Å². The van der Waals surface area contributed by atoms with Crippen molar-refractivity contribution in [1.82, 2.24) is 5.32 Å². The zero-order valence-corrected chi connectivity index (χ0v) is 10.4. The van der Waals surface area contributed by atoms with E-state index in [0.717, 1.165) is 13.0 Å². The topological polar surface area (TPSA) is 32.3 Å². The predicted octanol–water partition coefficient (Wildman–Crippen LogP) is 2.68. The average molecular weight is 233 g/mol. The molecule has 1 fully saturated rings. The molecule has 0 saturated heterocycles. The minimum atomic E-state index is 0.287. The highest BCUT2D eigenvalue weighted by molar-refractivity contribution is 5.21. The lowest BCUT2D eigenvalue weighted by molar-refractivity contribution is 0.271. The van der Waals surface area contributed by atoms with Gasteiger partial charge in [0, 0.05) is 12.6 Å². The molecule has 0 bridgehead atoms. The summed E-state index contributed by atoms with van der Waals surface area (Å²) in [5.41, 5.74) is 1.47. The van der Waals surface area contributed by atoms with Gasteiger partial charge in [-0.1, -0.05) is 43.2 Å². The van der Waals surface area contributed by atoms with E-state index in [-0.39, 0.29) is 6.61 Å². The van der Waals surface area contributed by atoms with Crippen LogP contribution < -0.4 is 5.32 Å². The molecule has 2 atom stereocenters. The van der Waals surface area contributed by atoms with Gasteiger partial charge in [0.25, 0.3) is 0 Å². The first kappa shape index (κ1) is 12.6. The normalized spacial score (nSPS) is 24.8. The summed E-state index contributed by atoms with van der Waals surface area (Å²) >= 11 is 0. The fraction of sp³-hybridized carbons (Fsp3) is 0.600. The Morgan fingerprint density at radius 3 is 2.65 bits per heavy atom. The van der Waals surface area contributed by atoms with E-state index in [2.05, 4.69) is 35.6 Å². The van der Waals surface area contributed by atoms with Crippen molar-refractivity contribution in [3.63, 3.8) is 0 Å². The van der Waals surface area contributed by atoms with Crippen molar-refractivity contribution in [3.8, 4) is 0 Å². The van der Waals surface area contributed by atoms with Crippen LogP contribution in [0.15, 0.2) is 30.3 Å². The molecule has 1 aliphatic carbocycles. The molecule has 0 radical (unpaired) electrons. The molecule has 2 nitrogen and oxygen atoms in total. The van der Waals surface area contributed by atoms with E-state index in [1.165, 1.54) is 31.2 Å². The van der Waals surface area contributed by atoms with Crippen molar-refractivity contribution in [2.45, 2.75) is 44.1 Å². The van der Waals surface area contributed by atoms with Crippen molar-refractivity contribution in [2.75, 3.05) is 13.2 Å². The van der Waals surface area contributed by atoms with Gasteiger partial charge in [-0.15, -0.1) is 0 Å². The fourth-order valence-corrected chi connectivity index (χ4v) is 2.84. The third-order valence-corrected chi connectivity index (χ3v) is 3.74. The molecule has 2 unspecified atom stereocenters. The molecule has 17 heavy (non-hydrogen) atoms. The molecule has 2 rings (SSSR count). The second-order valence-corrected chi connectivity index (χ2v) is 4.94. The molecule has 0 aliphatic heterocycles. The number of aliphatic hydroxyl groups is 1. The minimum absolute atomic E-state index is 0.287. The van der Waals surface area contributed by atoms with Crippen LogP contribution in [-0.2, 0) is 0 Å². The SMILES string of the molecule is OCCCNC1CCCCC1c1ccccc1.